The number of alkyl halides is 3. The van der Waals surface area contributed by atoms with Crippen LogP contribution in [0.4, 0.5) is 13.2 Å². The maximum atomic E-state index is 13.8. The number of halogens is 3. The molecule has 158 valence electrons. The summed E-state index contributed by atoms with van der Waals surface area (Å²) in [4.78, 5) is 13.4. The molecule has 1 aliphatic rings. The average Bonchev–Trinajstić information content (AvgIpc) is 3.08. The van der Waals surface area contributed by atoms with Crippen LogP contribution in [0, 0.1) is 5.92 Å². The molecular weight excluding hydrogens is 385 g/mol. The van der Waals surface area contributed by atoms with Crippen molar-refractivity contribution >= 4 is 5.78 Å². The summed E-state index contributed by atoms with van der Waals surface area (Å²) in [6, 6.07) is 10.9. The van der Waals surface area contributed by atoms with Crippen LogP contribution >= 0.6 is 0 Å². The highest BCUT2D eigenvalue weighted by molar-refractivity contribution is 6.11. The van der Waals surface area contributed by atoms with E-state index < -0.39 is 17.5 Å². The van der Waals surface area contributed by atoms with Crippen LogP contribution in [0.25, 0.3) is 0 Å². The normalized spacial score (nSPS) is 16.8. The first-order valence-corrected chi connectivity index (χ1v) is 10.2. The van der Waals surface area contributed by atoms with E-state index in [0.29, 0.717) is 11.1 Å². The lowest BCUT2D eigenvalue weighted by Crippen LogP contribution is -2.16. The predicted molar refractivity (Wildman–Crippen MR) is 115 cm³/mol. The maximum Gasteiger partial charge on any atom is 0.417 e. The minimum atomic E-state index is -4.60. The van der Waals surface area contributed by atoms with E-state index in [1.165, 1.54) is 12.1 Å². The van der Waals surface area contributed by atoms with Crippen LogP contribution in [0.2, 0.25) is 0 Å². The first-order chi connectivity index (χ1) is 14.0. The lowest BCUT2D eigenvalue weighted by atomic mass is 9.84. The monoisotopic (exact) mass is 412 g/mol. The van der Waals surface area contributed by atoms with Gasteiger partial charge in [0.15, 0.2) is 5.78 Å². The summed E-state index contributed by atoms with van der Waals surface area (Å²) in [6.07, 6.45) is -0.467. The van der Waals surface area contributed by atoms with Crippen molar-refractivity contribution in [2.75, 3.05) is 0 Å². The van der Waals surface area contributed by atoms with E-state index in [9.17, 15) is 18.0 Å². The number of ketones is 1. The second-order valence-electron chi connectivity index (χ2n) is 8.56. The molecule has 0 N–H and O–H groups in total. The molecule has 4 heteroatoms. The van der Waals surface area contributed by atoms with E-state index in [-0.39, 0.29) is 23.3 Å². The Morgan fingerprint density at radius 1 is 0.933 bits per heavy atom. The van der Waals surface area contributed by atoms with Gasteiger partial charge in [-0.2, -0.15) is 13.2 Å². The van der Waals surface area contributed by atoms with Crippen molar-refractivity contribution in [2.24, 2.45) is 5.92 Å². The fourth-order valence-electron chi connectivity index (χ4n) is 4.12. The number of carbonyl (C=O) groups is 1. The first kappa shape index (κ1) is 22.1. The number of hydrogen-bond donors (Lipinski definition) is 0. The molecule has 0 heterocycles. The van der Waals surface area contributed by atoms with Crippen molar-refractivity contribution < 1.29 is 18.0 Å². The molecule has 2 aromatic carbocycles. The quantitative estimate of drug-likeness (QED) is 0.460. The highest BCUT2D eigenvalue weighted by Gasteiger charge is 2.36. The van der Waals surface area contributed by atoms with Gasteiger partial charge in [-0.05, 0) is 42.0 Å². The van der Waals surface area contributed by atoms with Crippen LogP contribution in [0.5, 0.6) is 0 Å². The van der Waals surface area contributed by atoms with Crippen molar-refractivity contribution in [3.63, 3.8) is 0 Å². The summed E-state index contributed by atoms with van der Waals surface area (Å²) in [5.74, 6) is -0.410. The van der Waals surface area contributed by atoms with Crippen molar-refractivity contribution in [3.05, 3.63) is 93.6 Å². The molecule has 0 aliphatic heterocycles. The second-order valence-corrected chi connectivity index (χ2v) is 8.56. The molecule has 0 amide bonds. The Kier molecular flexibility index (Phi) is 6.07. The molecule has 1 atom stereocenters. The molecule has 0 bridgehead atoms. The Morgan fingerprint density at radius 2 is 1.60 bits per heavy atom. The van der Waals surface area contributed by atoms with Gasteiger partial charge in [-0.25, -0.2) is 0 Å². The number of rotatable bonds is 5. The van der Waals surface area contributed by atoms with E-state index in [2.05, 4.69) is 19.9 Å². The molecule has 1 nitrogen and oxygen atoms in total. The molecule has 1 unspecified atom stereocenters. The van der Waals surface area contributed by atoms with Crippen molar-refractivity contribution in [3.8, 4) is 0 Å². The van der Waals surface area contributed by atoms with Gasteiger partial charge in [-0.3, -0.25) is 4.79 Å². The van der Waals surface area contributed by atoms with Crippen LogP contribution in [-0.4, -0.2) is 5.78 Å². The zero-order valence-electron chi connectivity index (χ0n) is 18.0. The van der Waals surface area contributed by atoms with Crippen LogP contribution in [0.15, 0.2) is 65.8 Å². The minimum absolute atomic E-state index is 0.0264. The molecule has 2 aromatic rings. The third-order valence-electron chi connectivity index (χ3n) is 5.63. The molecule has 3 rings (SSSR count). The topological polar surface area (TPSA) is 17.1 Å². The summed E-state index contributed by atoms with van der Waals surface area (Å²) in [6.45, 7) is 9.98. The van der Waals surface area contributed by atoms with Gasteiger partial charge in [-0.1, -0.05) is 81.3 Å². The van der Waals surface area contributed by atoms with Gasteiger partial charge >= 0.3 is 6.18 Å². The van der Waals surface area contributed by atoms with Gasteiger partial charge in [0.2, 0.25) is 0 Å². The number of carbonyl (C=O) groups excluding carboxylic acids is 1. The third kappa shape index (κ3) is 4.28. The van der Waals surface area contributed by atoms with Crippen LogP contribution in [-0.2, 0) is 6.18 Å². The average molecular weight is 412 g/mol. The fraction of sp³-hybridized carbons (Fsp3) is 0.346. The van der Waals surface area contributed by atoms with Gasteiger partial charge < -0.3 is 0 Å². The molecule has 30 heavy (non-hydrogen) atoms. The van der Waals surface area contributed by atoms with E-state index in [1.807, 2.05) is 26.8 Å². The first-order valence-electron chi connectivity index (χ1n) is 10.2. The molecule has 1 aliphatic carbocycles. The lowest BCUT2D eigenvalue weighted by molar-refractivity contribution is -0.137. The Hall–Kier alpha value is -2.62. The highest BCUT2D eigenvalue weighted by Crippen LogP contribution is 2.40. The second kappa shape index (κ2) is 8.25. The summed E-state index contributed by atoms with van der Waals surface area (Å²) in [5, 5.41) is 0. The number of hydrogen-bond acceptors (Lipinski definition) is 1. The van der Waals surface area contributed by atoms with Crippen LogP contribution < -0.4 is 0 Å². The zero-order chi connectivity index (χ0) is 22.2. The van der Waals surface area contributed by atoms with Crippen molar-refractivity contribution in [1.29, 1.82) is 0 Å². The van der Waals surface area contributed by atoms with E-state index >= 15 is 0 Å². The van der Waals surface area contributed by atoms with Gasteiger partial charge in [0.25, 0.3) is 0 Å². The standard InChI is InChI=1S/C26H27F3O/c1-15(2)19-8-6-7-9-20(19)25(30)23-14-18(10-11-24(23)26(27,28)29)22-13-17(5)12-21(22)16(3)4/h6-16,22H,1-5H3. The summed E-state index contributed by atoms with van der Waals surface area (Å²) >= 11 is 0. The molecular formula is C26H27F3O. The molecule has 0 saturated heterocycles. The summed E-state index contributed by atoms with van der Waals surface area (Å²) in [5.41, 5.74) is 2.85. The Bertz CT molecular complexity index is 1020. The molecule has 0 aromatic heterocycles. The molecule has 0 fully saturated rings. The van der Waals surface area contributed by atoms with E-state index in [4.69, 9.17) is 0 Å². The van der Waals surface area contributed by atoms with Crippen LogP contribution in [0.3, 0.4) is 0 Å². The van der Waals surface area contributed by atoms with Gasteiger partial charge in [0, 0.05) is 17.0 Å². The van der Waals surface area contributed by atoms with E-state index in [1.54, 1.807) is 24.3 Å². The van der Waals surface area contributed by atoms with Crippen LogP contribution in [0.1, 0.15) is 79.1 Å². The smallest absolute Gasteiger partial charge is 0.289 e. The summed E-state index contributed by atoms with van der Waals surface area (Å²) < 4.78 is 41.4. The fourth-order valence-corrected chi connectivity index (χ4v) is 4.12. The highest BCUT2D eigenvalue weighted by atomic mass is 19.4. The number of benzene rings is 2. The van der Waals surface area contributed by atoms with Gasteiger partial charge in [-0.15, -0.1) is 0 Å². The Morgan fingerprint density at radius 3 is 2.20 bits per heavy atom. The van der Waals surface area contributed by atoms with E-state index in [0.717, 1.165) is 22.8 Å². The SMILES string of the molecule is CC1=CC(c2ccc(C(F)(F)F)c(C(=O)c3ccccc3C(C)C)c2)C(C(C)C)=C1. The molecule has 0 saturated carbocycles. The zero-order valence-corrected chi connectivity index (χ0v) is 18.0. The van der Waals surface area contributed by atoms with Gasteiger partial charge in [0.1, 0.15) is 0 Å². The minimum Gasteiger partial charge on any atom is -0.289 e. The Balaban J connectivity index is 2.17. The van der Waals surface area contributed by atoms with Crippen molar-refractivity contribution in [1.82, 2.24) is 0 Å². The lowest BCUT2D eigenvalue weighted by Gasteiger charge is -2.21. The third-order valence-corrected chi connectivity index (χ3v) is 5.63. The molecule has 0 spiro atoms. The predicted octanol–water partition coefficient (Wildman–Crippen LogP) is 7.69. The van der Waals surface area contributed by atoms with Crippen molar-refractivity contribution in [2.45, 2.75) is 52.6 Å². The largest absolute Gasteiger partial charge is 0.417 e. The summed E-state index contributed by atoms with van der Waals surface area (Å²) in [7, 11) is 0. The maximum absolute atomic E-state index is 13.8. The van der Waals surface area contributed by atoms with Gasteiger partial charge in [0.05, 0.1) is 5.56 Å². The molecule has 0 radical (unpaired) electrons. The Labute approximate surface area is 176 Å². The number of allylic oxidation sites excluding steroid dienone is 4.